The van der Waals surface area contributed by atoms with Gasteiger partial charge in [0.2, 0.25) is 0 Å². The van der Waals surface area contributed by atoms with Gasteiger partial charge in [-0.05, 0) is 30.6 Å². The number of aliphatic hydroxyl groups is 1. The molecule has 0 spiro atoms. The van der Waals surface area contributed by atoms with Crippen LogP contribution in [0.5, 0.6) is 0 Å². The molecule has 3 atom stereocenters. The van der Waals surface area contributed by atoms with Crippen molar-refractivity contribution in [3.8, 4) is 0 Å². The number of aliphatic carboxylic acids is 1. The zero-order valence-corrected chi connectivity index (χ0v) is 9.67. The third-order valence-corrected chi connectivity index (χ3v) is 5.48. The van der Waals surface area contributed by atoms with E-state index in [1.807, 2.05) is 6.92 Å². The van der Waals surface area contributed by atoms with Gasteiger partial charge in [0, 0.05) is 17.8 Å². The van der Waals surface area contributed by atoms with Crippen LogP contribution in [0.25, 0.3) is 0 Å². The molecule has 15 heavy (non-hydrogen) atoms. The number of carboxylic acids is 1. The Bertz CT molecular complexity index is 310. The fraction of sp³-hybridized carbons (Fsp3) is 0.917. The van der Waals surface area contributed by atoms with Gasteiger partial charge in [-0.15, -0.1) is 0 Å². The number of carbonyl (C=O) groups excluding carboxylic acids is 1. The molecule has 2 bridgehead atoms. The molecule has 2 rings (SSSR count). The zero-order valence-electron chi connectivity index (χ0n) is 9.67. The van der Waals surface area contributed by atoms with Crippen molar-refractivity contribution in [1.29, 1.82) is 0 Å². The van der Waals surface area contributed by atoms with Gasteiger partial charge in [0.05, 0.1) is 5.60 Å². The van der Waals surface area contributed by atoms with E-state index in [2.05, 4.69) is 13.8 Å². The topological polar surface area (TPSA) is 60.4 Å². The summed E-state index contributed by atoms with van der Waals surface area (Å²) in [5, 5.41) is 21.2. The zero-order chi connectivity index (χ0) is 11.5. The van der Waals surface area contributed by atoms with E-state index in [1.54, 1.807) is 0 Å². The molecule has 2 saturated carbocycles. The summed E-state index contributed by atoms with van der Waals surface area (Å²) in [6, 6.07) is 0. The Labute approximate surface area is 90.5 Å². The van der Waals surface area contributed by atoms with Crippen LogP contribution in [-0.2, 0) is 4.79 Å². The van der Waals surface area contributed by atoms with Gasteiger partial charge in [0.15, 0.2) is 0 Å². The number of hydrogen-bond donors (Lipinski definition) is 1. The molecule has 0 aromatic heterocycles. The van der Waals surface area contributed by atoms with Crippen LogP contribution in [0.3, 0.4) is 0 Å². The van der Waals surface area contributed by atoms with Crippen molar-refractivity contribution in [3.63, 3.8) is 0 Å². The predicted octanol–water partition coefficient (Wildman–Crippen LogP) is 0.704. The van der Waals surface area contributed by atoms with Crippen LogP contribution in [0.2, 0.25) is 0 Å². The summed E-state index contributed by atoms with van der Waals surface area (Å²) in [7, 11) is 0. The molecule has 2 aliphatic rings. The van der Waals surface area contributed by atoms with E-state index in [9.17, 15) is 15.0 Å². The first-order valence-corrected chi connectivity index (χ1v) is 5.65. The van der Waals surface area contributed by atoms with Crippen LogP contribution in [0.4, 0.5) is 0 Å². The Balaban J connectivity index is 2.36. The Morgan fingerprint density at radius 2 is 2.07 bits per heavy atom. The van der Waals surface area contributed by atoms with Crippen LogP contribution in [0.15, 0.2) is 0 Å². The van der Waals surface area contributed by atoms with Gasteiger partial charge >= 0.3 is 0 Å². The van der Waals surface area contributed by atoms with E-state index in [0.717, 1.165) is 12.8 Å². The van der Waals surface area contributed by atoms with E-state index in [0.29, 0.717) is 12.3 Å². The second-order valence-electron chi connectivity index (χ2n) is 6.07. The van der Waals surface area contributed by atoms with Crippen LogP contribution < -0.4 is 5.11 Å². The number of rotatable bonds is 2. The molecule has 2 aliphatic carbocycles. The highest BCUT2D eigenvalue weighted by atomic mass is 16.4. The summed E-state index contributed by atoms with van der Waals surface area (Å²) in [4.78, 5) is 10.7. The molecule has 1 N–H and O–H groups in total. The molecular formula is C12H19O3-. The molecule has 3 nitrogen and oxygen atoms in total. The lowest BCUT2D eigenvalue weighted by atomic mass is 9.63. The molecule has 3 heteroatoms. The molecule has 2 fully saturated rings. The average molecular weight is 211 g/mol. The fourth-order valence-electron chi connectivity index (χ4n) is 3.92. The summed E-state index contributed by atoms with van der Waals surface area (Å²) < 4.78 is 0. The van der Waals surface area contributed by atoms with Crippen molar-refractivity contribution in [2.75, 3.05) is 0 Å². The van der Waals surface area contributed by atoms with Gasteiger partial charge in [0.25, 0.3) is 0 Å². The molecule has 0 amide bonds. The van der Waals surface area contributed by atoms with Crippen molar-refractivity contribution >= 4 is 5.97 Å². The molecule has 0 aromatic carbocycles. The van der Waals surface area contributed by atoms with Crippen LogP contribution in [-0.4, -0.2) is 16.7 Å². The highest BCUT2D eigenvalue weighted by molar-refractivity contribution is 5.66. The molecule has 86 valence electrons. The smallest absolute Gasteiger partial charge is 0.0761 e. The lowest BCUT2D eigenvalue weighted by Gasteiger charge is -2.45. The first-order chi connectivity index (χ1) is 6.73. The summed E-state index contributed by atoms with van der Waals surface area (Å²) in [6.07, 6.45) is 2.43. The van der Waals surface area contributed by atoms with Crippen molar-refractivity contribution in [2.24, 2.45) is 16.7 Å². The van der Waals surface area contributed by atoms with Gasteiger partial charge in [-0.25, -0.2) is 0 Å². The van der Waals surface area contributed by atoms with E-state index in [4.69, 9.17) is 0 Å². The van der Waals surface area contributed by atoms with Crippen molar-refractivity contribution in [1.82, 2.24) is 0 Å². The average Bonchev–Trinajstić information content (AvgIpc) is 2.34. The van der Waals surface area contributed by atoms with Gasteiger partial charge in [0.1, 0.15) is 0 Å². The van der Waals surface area contributed by atoms with E-state index in [-0.39, 0.29) is 17.3 Å². The Morgan fingerprint density at radius 1 is 1.47 bits per heavy atom. The lowest BCUT2D eigenvalue weighted by molar-refractivity contribution is -0.311. The highest BCUT2D eigenvalue weighted by Gasteiger charge is 2.67. The van der Waals surface area contributed by atoms with Gasteiger partial charge < -0.3 is 15.0 Å². The van der Waals surface area contributed by atoms with Crippen LogP contribution >= 0.6 is 0 Å². The fourth-order valence-corrected chi connectivity index (χ4v) is 3.92. The maximum Gasteiger partial charge on any atom is 0.0761 e. The second kappa shape index (κ2) is 2.76. The summed E-state index contributed by atoms with van der Waals surface area (Å²) in [5.41, 5.74) is -1.29. The normalized spacial score (nSPS) is 47.1. The third-order valence-electron chi connectivity index (χ3n) is 5.48. The van der Waals surface area contributed by atoms with Gasteiger partial charge in [-0.2, -0.15) is 0 Å². The standard InChI is InChI=1S/C12H20O3/c1-10(2)8-4-5-11(10,3)12(15,6-8)7-9(13)14/h8,15H,4-7H2,1-3H3,(H,13,14)/p-1. The molecule has 0 saturated heterocycles. The van der Waals surface area contributed by atoms with Crippen LogP contribution in [0.1, 0.15) is 46.5 Å². The maximum atomic E-state index is 10.7. The van der Waals surface area contributed by atoms with Gasteiger partial charge in [-0.1, -0.05) is 20.8 Å². The molecule has 0 aliphatic heterocycles. The largest absolute Gasteiger partial charge is 0.550 e. The number of fused-ring (bicyclic) bond motifs is 2. The lowest BCUT2D eigenvalue weighted by Crippen LogP contribution is -2.50. The highest BCUT2D eigenvalue weighted by Crippen LogP contribution is 2.70. The Hall–Kier alpha value is -0.570. The minimum Gasteiger partial charge on any atom is -0.550 e. The SMILES string of the molecule is CC1(C)C2CCC1(C)C(O)(CC(=O)[O-])C2. The summed E-state index contributed by atoms with van der Waals surface area (Å²) in [6.45, 7) is 6.33. The van der Waals surface area contributed by atoms with E-state index >= 15 is 0 Å². The first-order valence-electron chi connectivity index (χ1n) is 5.65. The summed E-state index contributed by atoms with van der Waals surface area (Å²) in [5.74, 6) is -0.686. The molecule has 0 radical (unpaired) electrons. The molecule has 0 heterocycles. The Morgan fingerprint density at radius 3 is 2.40 bits per heavy atom. The molecular weight excluding hydrogens is 192 g/mol. The maximum absolute atomic E-state index is 10.7. The minimum absolute atomic E-state index is 0.0389. The van der Waals surface area contributed by atoms with Crippen molar-refractivity contribution < 1.29 is 15.0 Å². The second-order valence-corrected chi connectivity index (χ2v) is 6.07. The third kappa shape index (κ3) is 1.13. The molecule has 3 unspecified atom stereocenters. The van der Waals surface area contributed by atoms with Crippen LogP contribution in [0, 0.1) is 16.7 Å². The summed E-state index contributed by atoms with van der Waals surface area (Å²) >= 11 is 0. The van der Waals surface area contributed by atoms with E-state index < -0.39 is 11.6 Å². The predicted molar refractivity (Wildman–Crippen MR) is 53.8 cm³/mol. The number of carboxylic acid groups (broad SMARTS) is 1. The van der Waals surface area contributed by atoms with E-state index in [1.165, 1.54) is 0 Å². The van der Waals surface area contributed by atoms with Crippen molar-refractivity contribution in [3.05, 3.63) is 0 Å². The van der Waals surface area contributed by atoms with Gasteiger partial charge in [-0.3, -0.25) is 0 Å². The monoisotopic (exact) mass is 211 g/mol. The number of hydrogen-bond acceptors (Lipinski definition) is 3. The minimum atomic E-state index is -1.14. The molecule has 0 aromatic rings. The number of carbonyl (C=O) groups is 1. The quantitative estimate of drug-likeness (QED) is 0.731. The van der Waals surface area contributed by atoms with Crippen molar-refractivity contribution in [2.45, 2.75) is 52.1 Å². The Kier molecular flexibility index (Phi) is 2.01. The first kappa shape index (κ1) is 10.9.